The molecule has 0 saturated carbocycles. The van der Waals surface area contributed by atoms with Crippen LogP contribution in [0.25, 0.3) is 146 Å². The molecule has 11 aromatic carbocycles. The third-order valence-electron chi connectivity index (χ3n) is 15.9. The second-order valence-electron chi connectivity index (χ2n) is 21.4. The summed E-state index contributed by atoms with van der Waals surface area (Å²) in [5.74, 6) is 3.18. The number of hydrogen-bond donors (Lipinski definition) is 0. The quantitative estimate of drug-likeness (QED) is 0.134. The standard InChI is InChI=1S/C75H46F3N9/c1-46-38-54(41-55(39-46)75(76,77)78)57-34-33-56(86-64-28-16-14-26-58(64)62-42-52(31-36-66(62)86)73-82-69(48-18-6-2-7-19-48)80-70(83-73)49-20-8-3-9-21-49)44-60(57)61-40-47(45-79)30-35-67(61)87-65-29-17-15-27-59(65)63-43-53(32-37-68(63)87)74-84-71(50-22-10-4-11-23-50)81-72(85-74)51-24-12-5-13-25-51/h2-44H,1H3. The van der Waals surface area contributed by atoms with Crippen molar-refractivity contribution < 1.29 is 13.2 Å². The van der Waals surface area contributed by atoms with Crippen LogP contribution < -0.4 is 0 Å². The van der Waals surface area contributed by atoms with Gasteiger partial charge in [0.15, 0.2) is 34.9 Å². The van der Waals surface area contributed by atoms with Gasteiger partial charge in [-0.15, -0.1) is 0 Å². The van der Waals surface area contributed by atoms with Crippen LogP contribution in [0.15, 0.2) is 261 Å². The number of halogens is 3. The van der Waals surface area contributed by atoms with Gasteiger partial charge < -0.3 is 9.13 Å². The maximum absolute atomic E-state index is 14.9. The number of para-hydroxylation sites is 2. The van der Waals surface area contributed by atoms with E-state index in [2.05, 4.69) is 63.7 Å². The SMILES string of the molecule is Cc1cc(-c2ccc(-n3c4ccccc4c4cc(-c5nc(-c6ccccc6)nc(-c6ccccc6)n5)ccc43)cc2-c2cc(C#N)ccc2-n2c3ccccc3c3cc(-c4nc(-c5ccccc5)nc(-c5ccccc5)n4)ccc32)cc(C(F)(F)F)c1. The van der Waals surface area contributed by atoms with Crippen LogP contribution in [0.1, 0.15) is 16.7 Å². The van der Waals surface area contributed by atoms with E-state index in [-0.39, 0.29) is 0 Å². The first kappa shape index (κ1) is 52.1. The number of aromatic nitrogens is 8. The molecule has 12 heteroatoms. The van der Waals surface area contributed by atoms with Crippen molar-refractivity contribution in [2.45, 2.75) is 13.1 Å². The van der Waals surface area contributed by atoms with Gasteiger partial charge >= 0.3 is 6.18 Å². The fraction of sp³-hybridized carbons (Fsp3) is 0.0267. The zero-order valence-electron chi connectivity index (χ0n) is 46.5. The van der Waals surface area contributed by atoms with Crippen LogP contribution in [0.5, 0.6) is 0 Å². The molecule has 0 aliphatic carbocycles. The molecule has 0 spiro atoms. The van der Waals surface area contributed by atoms with Gasteiger partial charge in [0, 0.05) is 66.2 Å². The van der Waals surface area contributed by atoms with Crippen LogP contribution >= 0.6 is 0 Å². The van der Waals surface area contributed by atoms with Crippen molar-refractivity contribution >= 4 is 43.6 Å². The Morgan fingerprint density at radius 2 is 0.759 bits per heavy atom. The molecule has 0 aliphatic heterocycles. The lowest BCUT2D eigenvalue weighted by Gasteiger charge is -2.20. The predicted molar refractivity (Wildman–Crippen MR) is 340 cm³/mol. The van der Waals surface area contributed by atoms with Crippen molar-refractivity contribution in [1.29, 1.82) is 5.26 Å². The first-order chi connectivity index (χ1) is 42.6. The molecule has 0 N–H and O–H groups in total. The minimum absolute atomic E-state index is 0.375. The molecular formula is C75H46F3N9. The van der Waals surface area contributed by atoms with E-state index in [1.54, 1.807) is 19.1 Å². The number of aryl methyl sites for hydroxylation is 1. The molecule has 15 rings (SSSR count). The lowest BCUT2D eigenvalue weighted by atomic mass is 9.90. The fourth-order valence-corrected chi connectivity index (χ4v) is 11.9. The van der Waals surface area contributed by atoms with E-state index < -0.39 is 11.7 Å². The summed E-state index contributed by atoms with van der Waals surface area (Å²) in [6, 6.07) is 86.1. The van der Waals surface area contributed by atoms with Gasteiger partial charge in [0.2, 0.25) is 0 Å². The van der Waals surface area contributed by atoms with Gasteiger partial charge in [-0.05, 0) is 120 Å². The summed E-state index contributed by atoms with van der Waals surface area (Å²) in [6.07, 6.45) is -4.61. The van der Waals surface area contributed by atoms with Crippen molar-refractivity contribution in [2.75, 3.05) is 0 Å². The van der Waals surface area contributed by atoms with Gasteiger partial charge in [-0.3, -0.25) is 0 Å². The summed E-state index contributed by atoms with van der Waals surface area (Å²) in [5.41, 5.74) is 12.2. The number of nitrogens with zero attached hydrogens (tertiary/aromatic N) is 9. The molecular weight excluding hydrogens is 1080 g/mol. The van der Waals surface area contributed by atoms with Crippen LogP contribution in [0, 0.1) is 18.3 Å². The second kappa shape index (κ2) is 21.2. The van der Waals surface area contributed by atoms with Crippen LogP contribution in [0.3, 0.4) is 0 Å². The van der Waals surface area contributed by atoms with E-state index in [1.165, 1.54) is 12.1 Å². The number of nitriles is 1. The normalized spacial score (nSPS) is 11.7. The highest BCUT2D eigenvalue weighted by molar-refractivity contribution is 6.12. The molecule has 0 atom stereocenters. The largest absolute Gasteiger partial charge is 0.416 e. The summed E-state index contributed by atoms with van der Waals surface area (Å²) in [6.45, 7) is 1.68. The molecule has 0 amide bonds. The molecule has 412 valence electrons. The van der Waals surface area contributed by atoms with Gasteiger partial charge in [-0.1, -0.05) is 170 Å². The molecule has 15 aromatic rings. The second-order valence-corrected chi connectivity index (χ2v) is 21.4. The number of rotatable bonds is 10. The van der Waals surface area contributed by atoms with Crippen molar-refractivity contribution in [3.63, 3.8) is 0 Å². The summed E-state index contributed by atoms with van der Waals surface area (Å²) in [4.78, 5) is 30.1. The molecule has 0 aliphatic rings. The lowest BCUT2D eigenvalue weighted by Crippen LogP contribution is -2.06. The summed E-state index contributed by atoms with van der Waals surface area (Å²) < 4.78 is 49.0. The minimum atomic E-state index is -4.61. The Balaban J connectivity index is 0.938. The molecule has 0 saturated heterocycles. The predicted octanol–water partition coefficient (Wildman–Crippen LogP) is 18.8. The summed E-state index contributed by atoms with van der Waals surface area (Å²) >= 11 is 0. The molecule has 0 unspecified atom stereocenters. The Bertz CT molecular complexity index is 5110. The first-order valence-corrected chi connectivity index (χ1v) is 28.3. The fourth-order valence-electron chi connectivity index (χ4n) is 11.9. The Morgan fingerprint density at radius 1 is 0.333 bits per heavy atom. The van der Waals surface area contributed by atoms with Gasteiger partial charge in [-0.2, -0.15) is 18.4 Å². The van der Waals surface area contributed by atoms with Crippen LogP contribution in [-0.2, 0) is 6.18 Å². The molecule has 4 heterocycles. The highest BCUT2D eigenvalue weighted by Crippen LogP contribution is 2.45. The smallest absolute Gasteiger partial charge is 0.309 e. The molecule has 4 aromatic heterocycles. The summed E-state index contributed by atoms with van der Waals surface area (Å²) in [7, 11) is 0. The number of fused-ring (bicyclic) bond motifs is 6. The van der Waals surface area contributed by atoms with E-state index in [4.69, 9.17) is 29.9 Å². The van der Waals surface area contributed by atoms with E-state index >= 15 is 0 Å². The third-order valence-corrected chi connectivity index (χ3v) is 15.9. The number of benzene rings is 11. The third kappa shape index (κ3) is 9.50. The zero-order valence-corrected chi connectivity index (χ0v) is 46.5. The summed E-state index contributed by atoms with van der Waals surface area (Å²) in [5, 5.41) is 14.5. The molecule has 9 nitrogen and oxygen atoms in total. The topological polar surface area (TPSA) is 111 Å². The lowest BCUT2D eigenvalue weighted by molar-refractivity contribution is -0.137. The number of alkyl halides is 3. The van der Waals surface area contributed by atoms with Gasteiger partial charge in [0.05, 0.1) is 45.0 Å². The van der Waals surface area contributed by atoms with E-state index in [1.807, 2.05) is 188 Å². The Labute approximate surface area is 497 Å². The van der Waals surface area contributed by atoms with E-state index in [0.717, 1.165) is 82.7 Å². The van der Waals surface area contributed by atoms with Crippen LogP contribution in [-0.4, -0.2) is 39.0 Å². The monoisotopic (exact) mass is 1130 g/mol. The van der Waals surface area contributed by atoms with Gasteiger partial charge in [0.25, 0.3) is 0 Å². The van der Waals surface area contributed by atoms with Gasteiger partial charge in [-0.25, -0.2) is 29.9 Å². The van der Waals surface area contributed by atoms with Crippen LogP contribution in [0.4, 0.5) is 13.2 Å². The van der Waals surface area contributed by atoms with Crippen molar-refractivity contribution in [2.24, 2.45) is 0 Å². The maximum Gasteiger partial charge on any atom is 0.416 e. The average molecular weight is 1130 g/mol. The Kier molecular flexibility index (Phi) is 12.7. The molecule has 0 fully saturated rings. The van der Waals surface area contributed by atoms with E-state index in [9.17, 15) is 18.4 Å². The highest BCUT2D eigenvalue weighted by Gasteiger charge is 2.32. The van der Waals surface area contributed by atoms with Crippen molar-refractivity contribution in [3.05, 3.63) is 278 Å². The van der Waals surface area contributed by atoms with E-state index in [0.29, 0.717) is 74.0 Å². The Morgan fingerprint density at radius 3 is 1.23 bits per heavy atom. The zero-order chi connectivity index (χ0) is 58.8. The van der Waals surface area contributed by atoms with Crippen molar-refractivity contribution in [3.8, 4) is 108 Å². The average Bonchev–Trinajstić information content (AvgIpc) is 1.69. The minimum Gasteiger partial charge on any atom is -0.309 e. The molecule has 87 heavy (non-hydrogen) atoms. The van der Waals surface area contributed by atoms with Gasteiger partial charge in [0.1, 0.15) is 0 Å². The molecule has 0 bridgehead atoms. The van der Waals surface area contributed by atoms with Crippen LogP contribution in [0.2, 0.25) is 0 Å². The Hall–Kier alpha value is -11.7. The number of hydrogen-bond acceptors (Lipinski definition) is 7. The first-order valence-electron chi connectivity index (χ1n) is 28.3. The maximum atomic E-state index is 14.9. The van der Waals surface area contributed by atoms with Crippen molar-refractivity contribution in [1.82, 2.24) is 39.0 Å². The molecule has 0 radical (unpaired) electrons. The highest BCUT2D eigenvalue weighted by atomic mass is 19.4.